The summed E-state index contributed by atoms with van der Waals surface area (Å²) in [6.07, 6.45) is -4.63. The van der Waals surface area contributed by atoms with E-state index in [1.54, 1.807) is 0 Å². The first-order valence-corrected chi connectivity index (χ1v) is 3.82. The van der Waals surface area contributed by atoms with Crippen molar-refractivity contribution in [2.24, 2.45) is 12.8 Å². The molecule has 0 aliphatic carbocycles. The molecule has 0 radical (unpaired) electrons. The summed E-state index contributed by atoms with van der Waals surface area (Å²) in [4.78, 5) is 21.9. The van der Waals surface area contributed by atoms with Crippen LogP contribution in [-0.4, -0.2) is 10.5 Å². The summed E-state index contributed by atoms with van der Waals surface area (Å²) in [5.74, 6) is -1.05. The first-order valence-electron chi connectivity index (χ1n) is 3.82. The topological polar surface area (TPSA) is 65.1 Å². The Morgan fingerprint density at radius 3 is 2.33 bits per heavy atom. The minimum absolute atomic E-state index is 0.347. The van der Waals surface area contributed by atoms with Crippen LogP contribution in [0.15, 0.2) is 16.9 Å². The molecule has 0 saturated heterocycles. The molecule has 7 heteroatoms. The molecule has 1 amide bonds. The molecule has 0 fully saturated rings. The van der Waals surface area contributed by atoms with E-state index < -0.39 is 28.9 Å². The molecule has 1 aromatic heterocycles. The fourth-order valence-electron chi connectivity index (χ4n) is 1.11. The molecule has 0 atom stereocenters. The number of carbonyl (C=O) groups is 1. The van der Waals surface area contributed by atoms with Crippen LogP contribution in [0.1, 0.15) is 16.1 Å². The number of nitrogens with two attached hydrogens (primary N) is 1. The number of aromatic nitrogens is 1. The van der Waals surface area contributed by atoms with Crippen molar-refractivity contribution in [3.8, 4) is 0 Å². The van der Waals surface area contributed by atoms with Crippen LogP contribution in [0.25, 0.3) is 0 Å². The zero-order valence-corrected chi connectivity index (χ0v) is 7.63. The molecule has 15 heavy (non-hydrogen) atoms. The fourth-order valence-corrected chi connectivity index (χ4v) is 1.11. The summed E-state index contributed by atoms with van der Waals surface area (Å²) < 4.78 is 37.2. The lowest BCUT2D eigenvalue weighted by molar-refractivity contribution is -0.143. The van der Waals surface area contributed by atoms with Gasteiger partial charge in [-0.1, -0.05) is 0 Å². The van der Waals surface area contributed by atoms with Gasteiger partial charge in [0.05, 0.1) is 0 Å². The smallest absolute Gasteiger partial charge is 0.365 e. The van der Waals surface area contributed by atoms with E-state index in [1.165, 1.54) is 0 Å². The predicted molar refractivity (Wildman–Crippen MR) is 45.2 cm³/mol. The standard InChI is InChI=1S/C8H7F3N2O2/c1-13-5(8(9,10)11)3-2-4(6(12)14)7(13)15/h2-3H,1H3,(H2,12,14). The van der Waals surface area contributed by atoms with Gasteiger partial charge in [-0.05, 0) is 12.1 Å². The van der Waals surface area contributed by atoms with Gasteiger partial charge in [-0.25, -0.2) is 0 Å². The van der Waals surface area contributed by atoms with Crippen molar-refractivity contribution in [3.05, 3.63) is 33.7 Å². The van der Waals surface area contributed by atoms with Gasteiger partial charge in [-0.2, -0.15) is 13.2 Å². The van der Waals surface area contributed by atoms with Crippen molar-refractivity contribution in [2.75, 3.05) is 0 Å². The minimum atomic E-state index is -4.63. The van der Waals surface area contributed by atoms with Crippen LogP contribution in [0.5, 0.6) is 0 Å². The molecule has 1 heterocycles. The third-order valence-electron chi connectivity index (χ3n) is 1.86. The Labute approximate surface area is 82.1 Å². The number of hydrogen-bond acceptors (Lipinski definition) is 2. The highest BCUT2D eigenvalue weighted by Crippen LogP contribution is 2.27. The van der Waals surface area contributed by atoms with Gasteiger partial charge >= 0.3 is 6.18 Å². The summed E-state index contributed by atoms with van der Waals surface area (Å²) in [5.41, 5.74) is 2.16. The highest BCUT2D eigenvalue weighted by molar-refractivity contribution is 5.92. The van der Waals surface area contributed by atoms with Crippen LogP contribution >= 0.6 is 0 Å². The lowest BCUT2D eigenvalue weighted by Crippen LogP contribution is -2.31. The van der Waals surface area contributed by atoms with Crippen LogP contribution in [-0.2, 0) is 13.2 Å². The Balaban J connectivity index is 3.48. The Kier molecular flexibility index (Phi) is 2.57. The summed E-state index contributed by atoms with van der Waals surface area (Å²) in [6.45, 7) is 0. The second-order valence-electron chi connectivity index (χ2n) is 2.86. The first kappa shape index (κ1) is 11.3. The predicted octanol–water partition coefficient (Wildman–Crippen LogP) is 0.503. The zero-order chi connectivity index (χ0) is 11.8. The van der Waals surface area contributed by atoms with Crippen molar-refractivity contribution in [2.45, 2.75) is 6.18 Å². The fraction of sp³-hybridized carbons (Fsp3) is 0.250. The Morgan fingerprint density at radius 1 is 1.40 bits per heavy atom. The van der Waals surface area contributed by atoms with E-state index in [4.69, 9.17) is 5.73 Å². The van der Waals surface area contributed by atoms with Crippen molar-refractivity contribution in [1.29, 1.82) is 0 Å². The SMILES string of the molecule is Cn1c(C(F)(F)F)ccc(C(N)=O)c1=O. The Morgan fingerprint density at radius 2 is 1.93 bits per heavy atom. The van der Waals surface area contributed by atoms with Gasteiger partial charge in [0.25, 0.3) is 11.5 Å². The molecule has 0 aromatic carbocycles. The maximum absolute atomic E-state index is 12.3. The van der Waals surface area contributed by atoms with Gasteiger partial charge in [0.1, 0.15) is 11.3 Å². The lowest BCUT2D eigenvalue weighted by Gasteiger charge is -2.11. The minimum Gasteiger partial charge on any atom is -0.365 e. The van der Waals surface area contributed by atoms with Crippen LogP contribution in [0, 0.1) is 0 Å². The number of hydrogen-bond donors (Lipinski definition) is 1. The number of alkyl halides is 3. The number of rotatable bonds is 1. The van der Waals surface area contributed by atoms with E-state index in [9.17, 15) is 22.8 Å². The normalized spacial score (nSPS) is 11.5. The van der Waals surface area contributed by atoms with Gasteiger partial charge in [0.2, 0.25) is 0 Å². The van der Waals surface area contributed by atoms with E-state index in [-0.39, 0.29) is 0 Å². The van der Waals surface area contributed by atoms with Crippen LogP contribution in [0.2, 0.25) is 0 Å². The number of amides is 1. The van der Waals surface area contributed by atoms with Gasteiger partial charge < -0.3 is 10.3 Å². The third kappa shape index (κ3) is 2.00. The highest BCUT2D eigenvalue weighted by Gasteiger charge is 2.34. The van der Waals surface area contributed by atoms with E-state index in [1.807, 2.05) is 0 Å². The van der Waals surface area contributed by atoms with E-state index >= 15 is 0 Å². The molecule has 1 aromatic rings. The molecule has 1 rings (SSSR count). The summed E-state index contributed by atoms with van der Waals surface area (Å²) in [5, 5.41) is 0. The quantitative estimate of drug-likeness (QED) is 0.749. The monoisotopic (exact) mass is 220 g/mol. The molecule has 2 N–H and O–H groups in total. The van der Waals surface area contributed by atoms with E-state index in [0.717, 1.165) is 13.1 Å². The molecular weight excluding hydrogens is 213 g/mol. The molecule has 0 bridgehead atoms. The first-order chi connectivity index (χ1) is 6.75. The number of halogens is 3. The number of carbonyl (C=O) groups excluding carboxylic acids is 1. The van der Waals surface area contributed by atoms with Gasteiger partial charge in [0, 0.05) is 7.05 Å². The average Bonchev–Trinajstić information content (AvgIpc) is 2.06. The van der Waals surface area contributed by atoms with Crippen molar-refractivity contribution in [3.63, 3.8) is 0 Å². The zero-order valence-electron chi connectivity index (χ0n) is 7.63. The second-order valence-corrected chi connectivity index (χ2v) is 2.86. The van der Waals surface area contributed by atoms with Gasteiger partial charge in [-0.15, -0.1) is 0 Å². The van der Waals surface area contributed by atoms with Gasteiger partial charge in [-0.3, -0.25) is 9.59 Å². The van der Waals surface area contributed by atoms with Crippen molar-refractivity contribution >= 4 is 5.91 Å². The van der Waals surface area contributed by atoms with Crippen molar-refractivity contribution in [1.82, 2.24) is 4.57 Å². The van der Waals surface area contributed by atoms with Crippen LogP contribution in [0.3, 0.4) is 0 Å². The van der Waals surface area contributed by atoms with Gasteiger partial charge in [0.15, 0.2) is 0 Å². The van der Waals surface area contributed by atoms with Crippen molar-refractivity contribution < 1.29 is 18.0 Å². The average molecular weight is 220 g/mol. The molecule has 0 aliphatic heterocycles. The lowest BCUT2D eigenvalue weighted by atomic mass is 10.2. The molecule has 0 spiro atoms. The van der Waals surface area contributed by atoms with E-state index in [0.29, 0.717) is 10.6 Å². The van der Waals surface area contributed by atoms with Crippen LogP contribution in [0.4, 0.5) is 13.2 Å². The molecule has 0 unspecified atom stereocenters. The molecular formula is C8H7F3N2O2. The third-order valence-corrected chi connectivity index (χ3v) is 1.86. The maximum Gasteiger partial charge on any atom is 0.431 e. The largest absolute Gasteiger partial charge is 0.431 e. The molecule has 4 nitrogen and oxygen atoms in total. The van der Waals surface area contributed by atoms with E-state index in [2.05, 4.69) is 0 Å². The molecule has 0 saturated carbocycles. The number of nitrogens with zero attached hydrogens (tertiary/aromatic N) is 1. The molecule has 0 aliphatic rings. The molecule has 82 valence electrons. The Bertz CT molecular complexity index is 462. The summed E-state index contributed by atoms with van der Waals surface area (Å²) in [6, 6.07) is 1.41. The summed E-state index contributed by atoms with van der Waals surface area (Å²) >= 11 is 0. The number of primary amides is 1. The Hall–Kier alpha value is -1.79. The van der Waals surface area contributed by atoms with Crippen LogP contribution < -0.4 is 11.3 Å². The second kappa shape index (κ2) is 3.41. The maximum atomic E-state index is 12.3. The highest BCUT2D eigenvalue weighted by atomic mass is 19.4. The number of pyridine rings is 1. The summed E-state index contributed by atoms with van der Waals surface area (Å²) in [7, 11) is 0.928.